The molecule has 1 saturated carbocycles. The van der Waals surface area contributed by atoms with Crippen molar-refractivity contribution in [3.05, 3.63) is 24.4 Å². The maximum atomic E-state index is 12.2. The van der Waals surface area contributed by atoms with E-state index in [1.165, 1.54) is 0 Å². The molecule has 114 valence electrons. The predicted molar refractivity (Wildman–Crippen MR) is 82.0 cm³/mol. The second-order valence-corrected chi connectivity index (χ2v) is 9.82. The summed E-state index contributed by atoms with van der Waals surface area (Å²) in [5, 5.41) is -0.0955. The minimum atomic E-state index is -3.00. The summed E-state index contributed by atoms with van der Waals surface area (Å²) in [6, 6.07) is 5.64. The number of rotatable bonds is 4. The Kier molecular flexibility index (Phi) is 3.20. The quantitative estimate of drug-likeness (QED) is 0.839. The summed E-state index contributed by atoms with van der Waals surface area (Å²) in [6.45, 7) is 1.30. The van der Waals surface area contributed by atoms with Crippen molar-refractivity contribution in [2.75, 3.05) is 18.8 Å². The minimum Gasteiger partial charge on any atom is -0.473 e. The highest BCUT2D eigenvalue weighted by Gasteiger charge is 2.55. The molecule has 0 radical (unpaired) electrons. The fourth-order valence-electron chi connectivity index (χ4n) is 3.04. The fraction of sp³-hybridized carbons (Fsp3) is 0.643. The SMILES string of the molecule is O=S(=O)(C1CC1)N1CC2(C[C@@H](Oc3ccccn3)CS2)C1. The Morgan fingerprint density at radius 3 is 2.81 bits per heavy atom. The highest BCUT2D eigenvalue weighted by Crippen LogP contribution is 2.48. The van der Waals surface area contributed by atoms with E-state index < -0.39 is 10.0 Å². The molecule has 1 spiro atoms. The molecule has 3 fully saturated rings. The van der Waals surface area contributed by atoms with Crippen LogP contribution in [0.15, 0.2) is 24.4 Å². The van der Waals surface area contributed by atoms with E-state index in [-0.39, 0.29) is 16.1 Å². The molecule has 0 unspecified atom stereocenters. The van der Waals surface area contributed by atoms with Gasteiger partial charge in [0.05, 0.1) is 5.25 Å². The van der Waals surface area contributed by atoms with E-state index in [1.54, 1.807) is 10.5 Å². The molecule has 1 atom stereocenters. The molecule has 3 heterocycles. The van der Waals surface area contributed by atoms with E-state index in [9.17, 15) is 8.42 Å². The van der Waals surface area contributed by atoms with Gasteiger partial charge in [0.1, 0.15) is 6.10 Å². The van der Waals surface area contributed by atoms with Crippen LogP contribution in [-0.4, -0.2) is 52.7 Å². The van der Waals surface area contributed by atoms with Gasteiger partial charge in [-0.25, -0.2) is 13.4 Å². The molecular formula is C14H18N2O3S2. The second kappa shape index (κ2) is 4.86. The molecule has 0 aromatic carbocycles. The van der Waals surface area contributed by atoms with Gasteiger partial charge in [0, 0.05) is 42.3 Å². The largest absolute Gasteiger partial charge is 0.473 e. The molecule has 21 heavy (non-hydrogen) atoms. The fourth-order valence-corrected chi connectivity index (χ4v) is 6.73. The smallest absolute Gasteiger partial charge is 0.217 e. The number of hydrogen-bond acceptors (Lipinski definition) is 5. The monoisotopic (exact) mass is 326 g/mol. The molecule has 0 amide bonds. The van der Waals surface area contributed by atoms with E-state index in [0.717, 1.165) is 25.0 Å². The first-order chi connectivity index (χ1) is 10.1. The zero-order chi connectivity index (χ0) is 14.5. The number of aromatic nitrogens is 1. The van der Waals surface area contributed by atoms with Crippen LogP contribution in [-0.2, 0) is 10.0 Å². The summed E-state index contributed by atoms with van der Waals surface area (Å²) in [7, 11) is -3.00. The van der Waals surface area contributed by atoms with Crippen LogP contribution in [0.2, 0.25) is 0 Å². The lowest BCUT2D eigenvalue weighted by atomic mass is 9.95. The molecule has 2 aliphatic heterocycles. The van der Waals surface area contributed by atoms with Gasteiger partial charge in [0.15, 0.2) is 0 Å². The average molecular weight is 326 g/mol. The Labute approximate surface area is 129 Å². The number of hydrogen-bond donors (Lipinski definition) is 0. The third-order valence-electron chi connectivity index (χ3n) is 4.33. The van der Waals surface area contributed by atoms with Gasteiger partial charge < -0.3 is 4.74 Å². The van der Waals surface area contributed by atoms with Gasteiger partial charge in [-0.2, -0.15) is 4.31 Å². The van der Waals surface area contributed by atoms with E-state index in [1.807, 2.05) is 30.0 Å². The molecule has 4 rings (SSSR count). The summed E-state index contributed by atoms with van der Waals surface area (Å²) in [5.41, 5.74) is 0. The lowest BCUT2D eigenvalue weighted by Crippen LogP contribution is -2.61. The Bertz CT molecular complexity index is 625. The van der Waals surface area contributed by atoms with Crippen LogP contribution >= 0.6 is 11.8 Å². The van der Waals surface area contributed by atoms with E-state index >= 15 is 0 Å². The van der Waals surface area contributed by atoms with Gasteiger partial charge in [-0.1, -0.05) is 6.07 Å². The molecule has 1 aromatic heterocycles. The number of ether oxygens (including phenoxy) is 1. The number of nitrogens with zero attached hydrogens (tertiary/aromatic N) is 2. The molecule has 0 N–H and O–H groups in total. The molecule has 1 aromatic rings. The minimum absolute atomic E-state index is 0.0708. The lowest BCUT2D eigenvalue weighted by molar-refractivity contribution is 0.155. The van der Waals surface area contributed by atoms with Crippen molar-refractivity contribution < 1.29 is 13.2 Å². The second-order valence-electron chi connectivity index (χ2n) is 6.12. The van der Waals surface area contributed by atoms with Crippen LogP contribution in [0.5, 0.6) is 5.88 Å². The van der Waals surface area contributed by atoms with E-state index in [0.29, 0.717) is 19.0 Å². The molecular weight excluding hydrogens is 308 g/mol. The van der Waals surface area contributed by atoms with Crippen molar-refractivity contribution in [1.29, 1.82) is 0 Å². The molecule has 1 aliphatic carbocycles. The van der Waals surface area contributed by atoms with Crippen LogP contribution in [0.4, 0.5) is 0 Å². The lowest BCUT2D eigenvalue weighted by Gasteiger charge is -2.46. The first-order valence-corrected chi connectivity index (χ1v) is 9.77. The van der Waals surface area contributed by atoms with Gasteiger partial charge in [-0.15, -0.1) is 11.8 Å². The topological polar surface area (TPSA) is 59.5 Å². The summed E-state index contributed by atoms with van der Waals surface area (Å²) in [5.74, 6) is 1.57. The average Bonchev–Trinajstić information content (AvgIpc) is 3.20. The van der Waals surface area contributed by atoms with Crippen molar-refractivity contribution in [2.45, 2.75) is 35.4 Å². The van der Waals surface area contributed by atoms with Crippen LogP contribution in [0.1, 0.15) is 19.3 Å². The molecule has 0 bridgehead atoms. The maximum Gasteiger partial charge on any atom is 0.217 e. The van der Waals surface area contributed by atoms with Crippen LogP contribution in [0, 0.1) is 0 Å². The van der Waals surface area contributed by atoms with Crippen molar-refractivity contribution in [3.8, 4) is 5.88 Å². The van der Waals surface area contributed by atoms with Gasteiger partial charge in [0.25, 0.3) is 0 Å². The summed E-state index contributed by atoms with van der Waals surface area (Å²) >= 11 is 1.85. The molecule has 3 aliphatic rings. The van der Waals surface area contributed by atoms with E-state index in [2.05, 4.69) is 4.98 Å². The summed E-state index contributed by atoms with van der Waals surface area (Å²) < 4.78 is 32.0. The van der Waals surface area contributed by atoms with Crippen molar-refractivity contribution >= 4 is 21.8 Å². The normalized spacial score (nSPS) is 28.5. The molecule has 2 saturated heterocycles. The number of pyridine rings is 1. The number of thioether (sulfide) groups is 1. The Hall–Kier alpha value is -0.790. The van der Waals surface area contributed by atoms with Gasteiger partial charge in [0.2, 0.25) is 15.9 Å². The zero-order valence-electron chi connectivity index (χ0n) is 11.6. The maximum absolute atomic E-state index is 12.2. The standard InChI is InChI=1S/C14H18N2O3S2/c17-21(18,12-4-5-12)16-9-14(10-16)7-11(8-20-14)19-13-3-1-2-6-15-13/h1-3,6,11-12H,4-5,7-10H2/t11-/m1/s1. The van der Waals surface area contributed by atoms with E-state index in [4.69, 9.17) is 4.74 Å². The summed E-state index contributed by atoms with van der Waals surface area (Å²) in [4.78, 5) is 4.18. The van der Waals surface area contributed by atoms with Gasteiger partial charge in [-0.05, 0) is 18.9 Å². The third kappa shape index (κ3) is 2.55. The number of sulfonamides is 1. The first kappa shape index (κ1) is 13.8. The highest BCUT2D eigenvalue weighted by atomic mass is 32.2. The van der Waals surface area contributed by atoms with Crippen LogP contribution < -0.4 is 4.74 Å². The predicted octanol–water partition coefficient (Wildman–Crippen LogP) is 1.51. The van der Waals surface area contributed by atoms with Crippen molar-refractivity contribution in [1.82, 2.24) is 9.29 Å². The van der Waals surface area contributed by atoms with Crippen molar-refractivity contribution in [3.63, 3.8) is 0 Å². The highest BCUT2D eigenvalue weighted by molar-refractivity contribution is 8.01. The molecule has 7 heteroatoms. The Morgan fingerprint density at radius 1 is 1.33 bits per heavy atom. The zero-order valence-corrected chi connectivity index (χ0v) is 13.3. The Balaban J connectivity index is 1.35. The summed E-state index contributed by atoms with van der Waals surface area (Å²) in [6.07, 6.45) is 4.44. The molecule has 5 nitrogen and oxygen atoms in total. The third-order valence-corrected chi connectivity index (χ3v) is 8.20. The Morgan fingerprint density at radius 2 is 2.14 bits per heavy atom. The van der Waals surface area contributed by atoms with Crippen molar-refractivity contribution in [2.24, 2.45) is 0 Å². The first-order valence-electron chi connectivity index (χ1n) is 7.28. The van der Waals surface area contributed by atoms with Crippen LogP contribution in [0.3, 0.4) is 0 Å². The van der Waals surface area contributed by atoms with Gasteiger partial charge >= 0.3 is 0 Å². The van der Waals surface area contributed by atoms with Gasteiger partial charge in [-0.3, -0.25) is 0 Å². The van der Waals surface area contributed by atoms with Crippen LogP contribution in [0.25, 0.3) is 0 Å².